The van der Waals surface area contributed by atoms with Gasteiger partial charge in [-0.05, 0) is 45.0 Å². The number of halogens is 1. The van der Waals surface area contributed by atoms with Gasteiger partial charge in [0.1, 0.15) is 11.4 Å². The van der Waals surface area contributed by atoms with Gasteiger partial charge in [-0.15, -0.1) is 11.8 Å². The number of amides is 1. The molecule has 1 aliphatic rings. The Morgan fingerprint density at radius 3 is 2.42 bits per heavy atom. The fraction of sp³-hybridized carbons (Fsp3) is 0.500. The van der Waals surface area contributed by atoms with E-state index >= 15 is 0 Å². The normalized spacial score (nSPS) is 16.1. The van der Waals surface area contributed by atoms with Gasteiger partial charge in [0.05, 0.1) is 0 Å². The number of hydrogen-bond donors (Lipinski definition) is 0. The number of thioether (sulfide) groups is 1. The van der Waals surface area contributed by atoms with Crippen LogP contribution in [0.2, 0.25) is 0 Å². The number of hydrogen-bond acceptors (Lipinski definition) is 3. The van der Waals surface area contributed by atoms with Crippen LogP contribution in [0.3, 0.4) is 0 Å². The number of carbonyl (C=O) groups is 1. The van der Waals surface area contributed by atoms with Crippen molar-refractivity contribution >= 4 is 17.9 Å². The molecule has 2 rings (SSSR count). The van der Waals surface area contributed by atoms with E-state index in [1.807, 2.05) is 20.8 Å². The number of likely N-dealkylation sites (tertiary alicyclic amines) is 1. The summed E-state index contributed by atoms with van der Waals surface area (Å²) in [5.74, 6) is -0.228. The van der Waals surface area contributed by atoms with Gasteiger partial charge in [-0.1, -0.05) is 0 Å². The first-order valence-electron chi connectivity index (χ1n) is 6.24. The minimum atomic E-state index is -0.452. The summed E-state index contributed by atoms with van der Waals surface area (Å²) in [4.78, 5) is 14.4. The van der Waals surface area contributed by atoms with E-state index in [4.69, 9.17) is 4.74 Å². The van der Waals surface area contributed by atoms with Crippen LogP contribution in [0.4, 0.5) is 9.18 Å². The lowest BCUT2D eigenvalue weighted by Crippen LogP contribution is -2.53. The van der Waals surface area contributed by atoms with Crippen LogP contribution in [0, 0.1) is 5.82 Å². The van der Waals surface area contributed by atoms with E-state index in [1.165, 1.54) is 12.1 Å². The van der Waals surface area contributed by atoms with Crippen molar-refractivity contribution in [1.29, 1.82) is 0 Å². The van der Waals surface area contributed by atoms with Crippen LogP contribution in [0.15, 0.2) is 29.2 Å². The first kappa shape index (κ1) is 14.2. The van der Waals surface area contributed by atoms with Gasteiger partial charge in [-0.3, -0.25) is 0 Å². The SMILES string of the molecule is CC(C)(C)OC(=O)N1CC(Sc2ccc(F)cc2)C1. The van der Waals surface area contributed by atoms with Crippen molar-refractivity contribution in [3.63, 3.8) is 0 Å². The molecule has 1 aromatic carbocycles. The molecule has 1 saturated heterocycles. The standard InChI is InChI=1S/C14H18FNO2S/c1-14(2,3)18-13(17)16-8-12(9-16)19-11-6-4-10(15)5-7-11/h4-7,12H,8-9H2,1-3H3. The fourth-order valence-electron chi connectivity index (χ4n) is 1.69. The molecule has 0 saturated carbocycles. The van der Waals surface area contributed by atoms with Gasteiger partial charge >= 0.3 is 6.09 Å². The Labute approximate surface area is 117 Å². The second-order valence-corrected chi connectivity index (χ2v) is 6.95. The second-order valence-electron chi connectivity index (χ2n) is 5.58. The molecule has 1 fully saturated rings. The fourth-order valence-corrected chi connectivity index (χ4v) is 2.88. The molecule has 0 unspecified atom stereocenters. The quantitative estimate of drug-likeness (QED) is 0.831. The highest BCUT2D eigenvalue weighted by molar-refractivity contribution is 8.00. The number of ether oxygens (including phenoxy) is 1. The Bertz CT molecular complexity index is 450. The van der Waals surface area contributed by atoms with E-state index in [0.29, 0.717) is 18.3 Å². The van der Waals surface area contributed by atoms with E-state index in [0.717, 1.165) is 4.90 Å². The second kappa shape index (κ2) is 5.41. The minimum absolute atomic E-state index is 0.228. The van der Waals surface area contributed by atoms with Crippen LogP contribution < -0.4 is 0 Å². The maximum atomic E-state index is 12.8. The zero-order valence-corrected chi connectivity index (χ0v) is 12.2. The summed E-state index contributed by atoms with van der Waals surface area (Å²) in [6.07, 6.45) is -0.261. The molecular formula is C14H18FNO2S. The van der Waals surface area contributed by atoms with Crippen LogP contribution in [0.5, 0.6) is 0 Å². The molecule has 1 aliphatic heterocycles. The van der Waals surface area contributed by atoms with E-state index in [9.17, 15) is 9.18 Å². The summed E-state index contributed by atoms with van der Waals surface area (Å²) in [6, 6.07) is 6.42. The van der Waals surface area contributed by atoms with Crippen molar-refractivity contribution in [2.24, 2.45) is 0 Å². The minimum Gasteiger partial charge on any atom is -0.444 e. The first-order chi connectivity index (χ1) is 8.83. The highest BCUT2D eigenvalue weighted by Crippen LogP contribution is 2.30. The summed E-state index contributed by atoms with van der Waals surface area (Å²) in [7, 11) is 0. The van der Waals surface area contributed by atoms with Crippen LogP contribution >= 0.6 is 11.8 Å². The van der Waals surface area contributed by atoms with Crippen LogP contribution in [-0.2, 0) is 4.74 Å². The van der Waals surface area contributed by atoms with Gasteiger partial charge in [-0.2, -0.15) is 0 Å². The average Bonchev–Trinajstić information content (AvgIpc) is 2.22. The van der Waals surface area contributed by atoms with Gasteiger partial charge in [0.25, 0.3) is 0 Å². The average molecular weight is 283 g/mol. The molecule has 5 heteroatoms. The maximum Gasteiger partial charge on any atom is 0.410 e. The molecule has 1 aromatic rings. The lowest BCUT2D eigenvalue weighted by Gasteiger charge is -2.39. The van der Waals surface area contributed by atoms with E-state index in [2.05, 4.69) is 0 Å². The topological polar surface area (TPSA) is 29.5 Å². The first-order valence-corrected chi connectivity index (χ1v) is 7.11. The Balaban J connectivity index is 1.77. The molecule has 19 heavy (non-hydrogen) atoms. The van der Waals surface area contributed by atoms with E-state index in [-0.39, 0.29) is 11.9 Å². The van der Waals surface area contributed by atoms with Gasteiger partial charge in [0, 0.05) is 23.2 Å². The molecule has 0 N–H and O–H groups in total. The highest BCUT2D eigenvalue weighted by atomic mass is 32.2. The zero-order valence-electron chi connectivity index (χ0n) is 11.4. The third-order valence-corrected chi connectivity index (χ3v) is 3.79. The molecule has 104 valence electrons. The van der Waals surface area contributed by atoms with Crippen molar-refractivity contribution < 1.29 is 13.9 Å². The zero-order chi connectivity index (χ0) is 14.0. The predicted molar refractivity (Wildman–Crippen MR) is 73.9 cm³/mol. The molecule has 0 bridgehead atoms. The Morgan fingerprint density at radius 2 is 1.89 bits per heavy atom. The van der Waals surface area contributed by atoms with Gasteiger partial charge in [0.15, 0.2) is 0 Å². The summed E-state index contributed by atoms with van der Waals surface area (Å²) < 4.78 is 18.1. The van der Waals surface area contributed by atoms with Crippen molar-refractivity contribution in [1.82, 2.24) is 4.90 Å². The monoisotopic (exact) mass is 283 g/mol. The highest BCUT2D eigenvalue weighted by Gasteiger charge is 2.34. The molecule has 0 radical (unpaired) electrons. The molecule has 0 aliphatic carbocycles. The summed E-state index contributed by atoms with van der Waals surface area (Å²) in [5, 5.41) is 0.359. The molecule has 0 spiro atoms. The Kier molecular flexibility index (Phi) is 4.04. The molecule has 0 atom stereocenters. The summed E-state index contributed by atoms with van der Waals surface area (Å²) in [5.41, 5.74) is -0.452. The van der Waals surface area contributed by atoms with Crippen LogP contribution in [0.1, 0.15) is 20.8 Å². The predicted octanol–water partition coefficient (Wildman–Crippen LogP) is 3.54. The largest absolute Gasteiger partial charge is 0.444 e. The molecule has 0 aromatic heterocycles. The Hall–Kier alpha value is -1.23. The van der Waals surface area contributed by atoms with E-state index in [1.54, 1.807) is 28.8 Å². The molecule has 3 nitrogen and oxygen atoms in total. The van der Waals surface area contributed by atoms with Crippen LogP contribution in [-0.4, -0.2) is 34.9 Å². The van der Waals surface area contributed by atoms with Gasteiger partial charge in [-0.25, -0.2) is 9.18 Å². The van der Waals surface area contributed by atoms with Crippen molar-refractivity contribution in [2.75, 3.05) is 13.1 Å². The molecule has 1 amide bonds. The number of carbonyl (C=O) groups excluding carboxylic acids is 1. The number of benzene rings is 1. The number of nitrogens with zero attached hydrogens (tertiary/aromatic N) is 1. The summed E-state index contributed by atoms with van der Waals surface area (Å²) >= 11 is 1.66. The van der Waals surface area contributed by atoms with Gasteiger partial charge < -0.3 is 9.64 Å². The third-order valence-electron chi connectivity index (χ3n) is 2.62. The maximum absolute atomic E-state index is 12.8. The molecule has 1 heterocycles. The third kappa shape index (κ3) is 4.13. The Morgan fingerprint density at radius 1 is 1.32 bits per heavy atom. The smallest absolute Gasteiger partial charge is 0.410 e. The van der Waals surface area contributed by atoms with Crippen LogP contribution in [0.25, 0.3) is 0 Å². The van der Waals surface area contributed by atoms with Gasteiger partial charge in [0.2, 0.25) is 0 Å². The lowest BCUT2D eigenvalue weighted by molar-refractivity contribution is 0.0144. The number of rotatable bonds is 2. The van der Waals surface area contributed by atoms with Crippen molar-refractivity contribution in [2.45, 2.75) is 36.5 Å². The van der Waals surface area contributed by atoms with E-state index < -0.39 is 5.60 Å². The van der Waals surface area contributed by atoms with Crippen molar-refractivity contribution in [3.8, 4) is 0 Å². The molecular weight excluding hydrogens is 265 g/mol. The lowest BCUT2D eigenvalue weighted by atomic mass is 10.2. The summed E-state index contributed by atoms with van der Waals surface area (Å²) in [6.45, 7) is 6.92. The van der Waals surface area contributed by atoms with Crippen molar-refractivity contribution in [3.05, 3.63) is 30.1 Å².